The van der Waals surface area contributed by atoms with Crippen molar-refractivity contribution in [1.29, 1.82) is 0 Å². The van der Waals surface area contributed by atoms with Crippen molar-refractivity contribution < 1.29 is 9.21 Å². The molecular formula is C17H16N2O2S2. The van der Waals surface area contributed by atoms with Crippen LogP contribution in [-0.4, -0.2) is 22.8 Å². The highest BCUT2D eigenvalue weighted by atomic mass is 32.2. The van der Waals surface area contributed by atoms with E-state index in [9.17, 15) is 4.79 Å². The van der Waals surface area contributed by atoms with Crippen molar-refractivity contribution in [1.82, 2.24) is 9.88 Å². The Morgan fingerprint density at radius 3 is 2.78 bits per heavy atom. The van der Waals surface area contributed by atoms with Gasteiger partial charge in [-0.05, 0) is 36.4 Å². The number of furan rings is 1. The Bertz CT molecular complexity index is 738. The molecule has 1 amide bonds. The summed E-state index contributed by atoms with van der Waals surface area (Å²) in [4.78, 5) is 19.4. The summed E-state index contributed by atoms with van der Waals surface area (Å²) in [6, 6.07) is 11.4. The van der Waals surface area contributed by atoms with Crippen LogP contribution in [0.1, 0.15) is 21.8 Å². The van der Waals surface area contributed by atoms with Crippen LogP contribution in [0.5, 0.6) is 0 Å². The quantitative estimate of drug-likeness (QED) is 0.626. The van der Waals surface area contributed by atoms with Gasteiger partial charge in [-0.1, -0.05) is 0 Å². The third-order valence-corrected chi connectivity index (χ3v) is 4.97. The number of benzene rings is 1. The third kappa shape index (κ3) is 4.24. The van der Waals surface area contributed by atoms with E-state index in [1.807, 2.05) is 41.9 Å². The Hall–Kier alpha value is -2.05. The molecule has 6 heteroatoms. The van der Waals surface area contributed by atoms with Gasteiger partial charge in [0, 0.05) is 28.6 Å². The molecule has 4 nitrogen and oxygen atoms in total. The fourth-order valence-electron chi connectivity index (χ4n) is 2.09. The number of carbonyl (C=O) groups is 1. The molecule has 0 saturated carbocycles. The lowest BCUT2D eigenvalue weighted by atomic mass is 10.2. The molecule has 3 aromatic rings. The monoisotopic (exact) mass is 344 g/mol. The van der Waals surface area contributed by atoms with Crippen LogP contribution in [0, 0.1) is 0 Å². The molecule has 1 aromatic carbocycles. The molecule has 0 spiro atoms. The van der Waals surface area contributed by atoms with Gasteiger partial charge in [0.2, 0.25) is 0 Å². The zero-order chi connectivity index (χ0) is 16.1. The summed E-state index contributed by atoms with van der Waals surface area (Å²) in [6.45, 7) is 0.464. The summed E-state index contributed by atoms with van der Waals surface area (Å²) in [5.74, 6) is 1.60. The average Bonchev–Trinajstić information content (AvgIpc) is 3.26. The van der Waals surface area contributed by atoms with Crippen molar-refractivity contribution in [2.75, 3.05) is 7.05 Å². The highest BCUT2D eigenvalue weighted by Crippen LogP contribution is 2.23. The van der Waals surface area contributed by atoms with Crippen LogP contribution in [-0.2, 0) is 12.3 Å². The zero-order valence-electron chi connectivity index (χ0n) is 12.6. The second-order valence-corrected chi connectivity index (χ2v) is 6.80. The van der Waals surface area contributed by atoms with Crippen LogP contribution in [0.15, 0.2) is 62.9 Å². The lowest BCUT2D eigenvalue weighted by Crippen LogP contribution is -2.25. The zero-order valence-corrected chi connectivity index (χ0v) is 14.3. The number of carbonyl (C=O) groups excluding carboxylic acids is 1. The fourth-order valence-corrected chi connectivity index (χ4v) is 3.55. The Balaban J connectivity index is 1.58. The molecular weight excluding hydrogens is 328 g/mol. The first-order valence-corrected chi connectivity index (χ1v) is 9.03. The van der Waals surface area contributed by atoms with E-state index in [4.69, 9.17) is 4.42 Å². The van der Waals surface area contributed by atoms with Gasteiger partial charge < -0.3 is 9.32 Å². The van der Waals surface area contributed by atoms with Crippen molar-refractivity contribution in [3.05, 3.63) is 70.6 Å². The van der Waals surface area contributed by atoms with Crippen molar-refractivity contribution in [2.45, 2.75) is 17.2 Å². The molecule has 2 heterocycles. The Kier molecular flexibility index (Phi) is 5.15. The first kappa shape index (κ1) is 15.8. The number of aromatic nitrogens is 1. The normalized spacial score (nSPS) is 10.7. The van der Waals surface area contributed by atoms with E-state index < -0.39 is 0 Å². The summed E-state index contributed by atoms with van der Waals surface area (Å²) in [5.41, 5.74) is 3.60. The number of thiazole rings is 1. The van der Waals surface area contributed by atoms with Gasteiger partial charge in [-0.15, -0.1) is 23.1 Å². The van der Waals surface area contributed by atoms with Crippen LogP contribution in [0.25, 0.3) is 0 Å². The molecule has 118 valence electrons. The predicted molar refractivity (Wildman–Crippen MR) is 92.6 cm³/mol. The molecule has 2 aromatic heterocycles. The number of hydrogen-bond acceptors (Lipinski definition) is 5. The lowest BCUT2D eigenvalue weighted by molar-refractivity contribution is 0.0775. The molecule has 0 aliphatic heterocycles. The topological polar surface area (TPSA) is 46.3 Å². The minimum Gasteiger partial charge on any atom is -0.467 e. The van der Waals surface area contributed by atoms with Gasteiger partial charge in [-0.2, -0.15) is 0 Å². The van der Waals surface area contributed by atoms with Crippen LogP contribution in [0.2, 0.25) is 0 Å². The van der Waals surface area contributed by atoms with Crippen LogP contribution >= 0.6 is 23.1 Å². The number of thioether (sulfide) groups is 1. The lowest BCUT2D eigenvalue weighted by Gasteiger charge is -2.15. The Labute approximate surface area is 143 Å². The first-order valence-electron chi connectivity index (χ1n) is 7.10. The molecule has 0 aliphatic carbocycles. The molecule has 3 rings (SSSR count). The minimum absolute atomic E-state index is 0.0162. The average molecular weight is 344 g/mol. The summed E-state index contributed by atoms with van der Waals surface area (Å²) in [7, 11) is 1.77. The standard InChI is InChI=1S/C17H16N2O2S2/c1-19(9-15-3-2-8-21-15)17(20)13-4-6-16(7-5-13)23-11-14-10-22-12-18-14/h2-8,10,12H,9,11H2,1H3. The molecule has 0 unspecified atom stereocenters. The van der Waals surface area contributed by atoms with Crippen molar-refractivity contribution in [2.24, 2.45) is 0 Å². The van der Waals surface area contributed by atoms with Gasteiger partial charge in [0.15, 0.2) is 0 Å². The Morgan fingerprint density at radius 2 is 2.13 bits per heavy atom. The maximum Gasteiger partial charge on any atom is 0.254 e. The maximum absolute atomic E-state index is 12.4. The highest BCUT2D eigenvalue weighted by molar-refractivity contribution is 7.98. The smallest absolute Gasteiger partial charge is 0.254 e. The van der Waals surface area contributed by atoms with Gasteiger partial charge in [-0.25, -0.2) is 4.98 Å². The molecule has 0 aliphatic rings. The number of hydrogen-bond donors (Lipinski definition) is 0. The summed E-state index contributed by atoms with van der Waals surface area (Å²) >= 11 is 3.32. The van der Waals surface area contributed by atoms with E-state index in [-0.39, 0.29) is 5.91 Å². The molecule has 0 N–H and O–H groups in total. The largest absolute Gasteiger partial charge is 0.467 e. The third-order valence-electron chi connectivity index (χ3n) is 3.29. The van der Waals surface area contributed by atoms with Gasteiger partial charge in [0.05, 0.1) is 24.0 Å². The second-order valence-electron chi connectivity index (χ2n) is 5.03. The summed E-state index contributed by atoms with van der Waals surface area (Å²) in [5, 5.41) is 2.05. The maximum atomic E-state index is 12.4. The predicted octanol–water partition coefficient (Wildman–Crippen LogP) is 4.30. The number of amides is 1. The molecule has 0 saturated heterocycles. The highest BCUT2D eigenvalue weighted by Gasteiger charge is 2.13. The van der Waals surface area contributed by atoms with Crippen molar-refractivity contribution in [3.8, 4) is 0 Å². The second kappa shape index (κ2) is 7.48. The van der Waals surface area contributed by atoms with Crippen LogP contribution < -0.4 is 0 Å². The van der Waals surface area contributed by atoms with E-state index in [1.165, 1.54) is 0 Å². The van der Waals surface area contributed by atoms with Gasteiger partial charge in [0.1, 0.15) is 5.76 Å². The number of rotatable bonds is 6. The summed E-state index contributed by atoms with van der Waals surface area (Å²) in [6.07, 6.45) is 1.61. The van der Waals surface area contributed by atoms with Crippen molar-refractivity contribution in [3.63, 3.8) is 0 Å². The van der Waals surface area contributed by atoms with Crippen molar-refractivity contribution >= 4 is 29.0 Å². The molecule has 0 radical (unpaired) electrons. The number of nitrogens with zero attached hydrogens (tertiary/aromatic N) is 2. The fraction of sp³-hybridized carbons (Fsp3) is 0.176. The summed E-state index contributed by atoms with van der Waals surface area (Å²) < 4.78 is 5.27. The van der Waals surface area contributed by atoms with Gasteiger partial charge in [-0.3, -0.25) is 4.79 Å². The first-order chi connectivity index (χ1) is 11.2. The van der Waals surface area contributed by atoms with E-state index in [0.717, 1.165) is 22.1 Å². The SMILES string of the molecule is CN(Cc1ccco1)C(=O)c1ccc(SCc2cscn2)cc1. The van der Waals surface area contributed by atoms with E-state index in [1.54, 1.807) is 41.3 Å². The molecule has 0 fully saturated rings. The van der Waals surface area contributed by atoms with E-state index in [0.29, 0.717) is 12.1 Å². The molecule has 0 atom stereocenters. The van der Waals surface area contributed by atoms with Crippen LogP contribution in [0.3, 0.4) is 0 Å². The minimum atomic E-state index is -0.0162. The van der Waals surface area contributed by atoms with Gasteiger partial charge in [0.25, 0.3) is 5.91 Å². The van der Waals surface area contributed by atoms with E-state index in [2.05, 4.69) is 10.4 Å². The van der Waals surface area contributed by atoms with E-state index >= 15 is 0 Å². The molecule has 23 heavy (non-hydrogen) atoms. The Morgan fingerprint density at radius 1 is 1.30 bits per heavy atom. The van der Waals surface area contributed by atoms with Gasteiger partial charge >= 0.3 is 0 Å². The molecule has 0 bridgehead atoms. The van der Waals surface area contributed by atoms with Crippen LogP contribution in [0.4, 0.5) is 0 Å².